The molecule has 0 amide bonds. The van der Waals surface area contributed by atoms with Gasteiger partial charge in [-0.25, -0.2) is 0 Å². The molecule has 0 aromatic heterocycles. The van der Waals surface area contributed by atoms with Gasteiger partial charge in [0.15, 0.2) is 0 Å². The number of fused-ring (bicyclic) bond motifs is 3. The third-order valence-corrected chi connectivity index (χ3v) is 12.2. The van der Waals surface area contributed by atoms with Crippen molar-refractivity contribution in [2.75, 3.05) is 4.90 Å². The first-order valence-corrected chi connectivity index (χ1v) is 21.1. The molecule has 0 spiro atoms. The van der Waals surface area contributed by atoms with Crippen LogP contribution >= 0.6 is 0 Å². The van der Waals surface area contributed by atoms with Gasteiger partial charge in [0.05, 0.1) is 12.3 Å². The van der Waals surface area contributed by atoms with E-state index >= 15 is 0 Å². The number of aliphatic imine (C=N–C) groups is 1. The van der Waals surface area contributed by atoms with Crippen molar-refractivity contribution in [2.24, 2.45) is 4.99 Å². The second-order valence-electron chi connectivity index (χ2n) is 16.4. The molecule has 0 N–H and O–H groups in total. The largest absolute Gasteiger partial charge is 0.310 e. The zero-order valence-electron chi connectivity index (χ0n) is 34.5. The second kappa shape index (κ2) is 16.2. The number of nitrogens with zero attached hydrogens (tertiary/aromatic N) is 2. The zero-order chi connectivity index (χ0) is 41.2. The van der Waals surface area contributed by atoms with E-state index in [9.17, 15) is 0 Å². The molecule has 2 heteroatoms. The van der Waals surface area contributed by atoms with Gasteiger partial charge >= 0.3 is 0 Å². The number of rotatable bonds is 10. The molecule has 0 saturated carbocycles. The SMILES string of the molecule is CC1(C)c2cc(-c3ccc(CN=C(c4ccccc4)c4ccccc4)cc3)ccc2-c2ccc(N(c3ccc(-c4ccccc4)cc3)c3ccc(-c4ccccc4)cc3)cc21. The summed E-state index contributed by atoms with van der Waals surface area (Å²) in [5.41, 5.74) is 20.2. The molecule has 0 fully saturated rings. The predicted octanol–water partition coefficient (Wildman–Crippen LogP) is 15.5. The molecule has 1 aliphatic carbocycles. The standard InChI is InChI=1S/C59H46N2/c1-59(2)56-39-50(47-25-23-42(24-26-47)41-60-58(48-19-11-5-12-20-48)49-21-13-6-14-22-49)31-37-54(56)55-38-36-53(40-57(55)59)61(51-32-27-45(28-33-51)43-15-7-3-8-16-43)52-34-29-46(30-35-52)44-17-9-4-10-18-44/h3-40H,41H2,1-2H3. The fraction of sp³-hybridized carbons (Fsp3) is 0.0678. The van der Waals surface area contributed by atoms with Crippen LogP contribution in [-0.2, 0) is 12.0 Å². The van der Waals surface area contributed by atoms with E-state index in [1.165, 1.54) is 61.2 Å². The van der Waals surface area contributed by atoms with Crippen molar-refractivity contribution in [3.8, 4) is 44.5 Å². The lowest BCUT2D eigenvalue weighted by Gasteiger charge is -2.28. The Bertz CT molecular complexity index is 2830. The van der Waals surface area contributed by atoms with Crippen LogP contribution in [0.25, 0.3) is 44.5 Å². The molecule has 1 aliphatic rings. The molecular formula is C59H46N2. The van der Waals surface area contributed by atoms with Gasteiger partial charge in [0, 0.05) is 33.6 Å². The summed E-state index contributed by atoms with van der Waals surface area (Å²) in [6.45, 7) is 5.35. The van der Waals surface area contributed by atoms with Gasteiger partial charge in [-0.1, -0.05) is 202 Å². The molecule has 10 rings (SSSR count). The Kier molecular flexibility index (Phi) is 10.0. The summed E-state index contributed by atoms with van der Waals surface area (Å²) >= 11 is 0. The molecule has 0 heterocycles. The quantitative estimate of drug-likeness (QED) is 0.126. The molecule has 9 aromatic carbocycles. The first-order valence-electron chi connectivity index (χ1n) is 21.1. The van der Waals surface area contributed by atoms with E-state index in [1.807, 2.05) is 0 Å². The Morgan fingerprint density at radius 2 is 0.754 bits per heavy atom. The molecule has 0 atom stereocenters. The van der Waals surface area contributed by atoms with Crippen molar-refractivity contribution in [3.63, 3.8) is 0 Å². The van der Waals surface area contributed by atoms with E-state index < -0.39 is 0 Å². The molecule has 0 saturated heterocycles. The number of anilines is 3. The highest BCUT2D eigenvalue weighted by Gasteiger charge is 2.36. The average molecular weight is 783 g/mol. The lowest BCUT2D eigenvalue weighted by molar-refractivity contribution is 0.660. The van der Waals surface area contributed by atoms with Gasteiger partial charge in [-0.05, 0) is 104 Å². The Hall–Kier alpha value is -7.55. The summed E-state index contributed by atoms with van der Waals surface area (Å²) in [7, 11) is 0. The third-order valence-electron chi connectivity index (χ3n) is 12.2. The van der Waals surface area contributed by atoms with Crippen LogP contribution in [0.15, 0.2) is 236 Å². The monoisotopic (exact) mass is 782 g/mol. The van der Waals surface area contributed by atoms with E-state index in [-0.39, 0.29) is 5.41 Å². The maximum absolute atomic E-state index is 5.13. The fourth-order valence-corrected chi connectivity index (χ4v) is 8.87. The van der Waals surface area contributed by atoms with Gasteiger partial charge in [0.2, 0.25) is 0 Å². The fourth-order valence-electron chi connectivity index (χ4n) is 8.87. The van der Waals surface area contributed by atoms with Crippen molar-refractivity contribution in [2.45, 2.75) is 25.8 Å². The normalized spacial score (nSPS) is 12.3. The molecule has 0 aliphatic heterocycles. The Morgan fingerprint density at radius 1 is 0.377 bits per heavy atom. The lowest BCUT2D eigenvalue weighted by Crippen LogP contribution is -2.16. The highest BCUT2D eigenvalue weighted by atomic mass is 15.1. The van der Waals surface area contributed by atoms with Crippen LogP contribution in [0.4, 0.5) is 17.1 Å². The van der Waals surface area contributed by atoms with Crippen LogP contribution < -0.4 is 4.90 Å². The second-order valence-corrected chi connectivity index (χ2v) is 16.4. The van der Waals surface area contributed by atoms with Crippen LogP contribution in [0.5, 0.6) is 0 Å². The molecule has 2 nitrogen and oxygen atoms in total. The molecular weight excluding hydrogens is 737 g/mol. The smallest absolute Gasteiger partial charge is 0.0723 e. The van der Waals surface area contributed by atoms with Crippen molar-refractivity contribution in [1.29, 1.82) is 0 Å². The zero-order valence-corrected chi connectivity index (χ0v) is 34.5. The van der Waals surface area contributed by atoms with Crippen molar-refractivity contribution >= 4 is 22.8 Å². The minimum atomic E-state index is -0.198. The van der Waals surface area contributed by atoms with Crippen LogP contribution in [0.2, 0.25) is 0 Å². The van der Waals surface area contributed by atoms with E-state index in [1.54, 1.807) is 0 Å². The van der Waals surface area contributed by atoms with E-state index in [2.05, 4.69) is 249 Å². The first kappa shape index (κ1) is 37.7. The summed E-state index contributed by atoms with van der Waals surface area (Å²) in [4.78, 5) is 7.52. The number of hydrogen-bond acceptors (Lipinski definition) is 2. The van der Waals surface area contributed by atoms with Crippen LogP contribution in [0, 0.1) is 0 Å². The predicted molar refractivity (Wildman–Crippen MR) is 257 cm³/mol. The van der Waals surface area contributed by atoms with Crippen LogP contribution in [-0.4, -0.2) is 5.71 Å². The minimum absolute atomic E-state index is 0.198. The van der Waals surface area contributed by atoms with Gasteiger partial charge in [0.1, 0.15) is 0 Å². The minimum Gasteiger partial charge on any atom is -0.310 e. The Balaban J connectivity index is 0.954. The van der Waals surface area contributed by atoms with Crippen LogP contribution in [0.1, 0.15) is 41.7 Å². The lowest BCUT2D eigenvalue weighted by atomic mass is 9.81. The Morgan fingerprint density at radius 3 is 1.26 bits per heavy atom. The third kappa shape index (κ3) is 7.50. The average Bonchev–Trinajstić information content (AvgIpc) is 3.55. The molecule has 292 valence electrons. The van der Waals surface area contributed by atoms with Gasteiger partial charge in [-0.2, -0.15) is 0 Å². The summed E-state index contributed by atoms with van der Waals surface area (Å²) < 4.78 is 0. The summed E-state index contributed by atoms with van der Waals surface area (Å²) in [5.74, 6) is 0. The van der Waals surface area contributed by atoms with Crippen LogP contribution in [0.3, 0.4) is 0 Å². The Labute approximate surface area is 359 Å². The van der Waals surface area contributed by atoms with Gasteiger partial charge < -0.3 is 4.90 Å². The number of benzene rings is 9. The van der Waals surface area contributed by atoms with E-state index in [0.717, 1.165) is 33.9 Å². The van der Waals surface area contributed by atoms with Gasteiger partial charge in [-0.15, -0.1) is 0 Å². The highest BCUT2D eigenvalue weighted by molar-refractivity contribution is 6.12. The summed E-state index contributed by atoms with van der Waals surface area (Å²) in [5, 5.41) is 0. The maximum Gasteiger partial charge on any atom is 0.0723 e. The first-order chi connectivity index (χ1) is 30.0. The van der Waals surface area contributed by atoms with Crippen molar-refractivity contribution in [1.82, 2.24) is 0 Å². The summed E-state index contributed by atoms with van der Waals surface area (Å²) in [6.07, 6.45) is 0. The highest BCUT2D eigenvalue weighted by Crippen LogP contribution is 2.51. The van der Waals surface area contributed by atoms with E-state index in [4.69, 9.17) is 4.99 Å². The van der Waals surface area contributed by atoms with Gasteiger partial charge in [-0.3, -0.25) is 4.99 Å². The molecule has 0 unspecified atom stereocenters. The molecule has 9 aromatic rings. The maximum atomic E-state index is 5.13. The molecule has 0 radical (unpaired) electrons. The molecule has 0 bridgehead atoms. The van der Waals surface area contributed by atoms with Crippen molar-refractivity contribution < 1.29 is 0 Å². The summed E-state index contributed by atoms with van der Waals surface area (Å²) in [6, 6.07) is 83.0. The van der Waals surface area contributed by atoms with Gasteiger partial charge in [0.25, 0.3) is 0 Å². The topological polar surface area (TPSA) is 15.6 Å². The number of hydrogen-bond donors (Lipinski definition) is 0. The van der Waals surface area contributed by atoms with Crippen molar-refractivity contribution in [3.05, 3.63) is 258 Å². The molecule has 61 heavy (non-hydrogen) atoms. The van der Waals surface area contributed by atoms with E-state index in [0.29, 0.717) is 6.54 Å².